The summed E-state index contributed by atoms with van der Waals surface area (Å²) in [5.41, 5.74) is 2.45. The average Bonchev–Trinajstić information content (AvgIpc) is 3.04. The van der Waals surface area contributed by atoms with Crippen LogP contribution >= 0.6 is 11.8 Å². The maximum Gasteiger partial charge on any atom is 0.230 e. The smallest absolute Gasteiger partial charge is 0.230 e. The van der Waals surface area contributed by atoms with Crippen LogP contribution in [-0.2, 0) is 17.3 Å². The summed E-state index contributed by atoms with van der Waals surface area (Å²) in [6, 6.07) is 8.78. The van der Waals surface area contributed by atoms with Crippen molar-refractivity contribution < 1.29 is 4.79 Å². The Balaban J connectivity index is 1.60. The SMILES string of the molecule is C[C@H]1[C@@H](NC(=O)CSc2nnc(-c3ccc(C(C)(C)C)cc3)n2C)CCC[C@@H]1C. The molecule has 0 saturated heterocycles. The second-order valence-corrected chi connectivity index (χ2v) is 10.4. The lowest BCUT2D eigenvalue weighted by Crippen LogP contribution is -2.44. The molecule has 0 unspecified atom stereocenters. The standard InChI is InChI=1S/C23H34N4OS/c1-15-8-7-9-19(16(15)2)24-20(28)14-29-22-26-25-21(27(22)6)17-10-12-18(13-11-17)23(3,4)5/h10-13,15-16,19H,7-9,14H2,1-6H3,(H,24,28)/t15-,16+,19-/m0/s1. The molecule has 6 heteroatoms. The van der Waals surface area contributed by atoms with Crippen LogP contribution in [0.1, 0.15) is 59.4 Å². The van der Waals surface area contributed by atoms with Crippen LogP contribution in [0.3, 0.4) is 0 Å². The first-order chi connectivity index (χ1) is 13.7. The zero-order valence-corrected chi connectivity index (χ0v) is 19.3. The lowest BCUT2D eigenvalue weighted by Gasteiger charge is -2.34. The van der Waals surface area contributed by atoms with Crippen LogP contribution in [-0.4, -0.2) is 32.5 Å². The molecular formula is C23H34N4OS. The van der Waals surface area contributed by atoms with Crippen molar-refractivity contribution in [3.05, 3.63) is 29.8 Å². The van der Waals surface area contributed by atoms with Gasteiger partial charge in [-0.2, -0.15) is 0 Å². The van der Waals surface area contributed by atoms with E-state index in [-0.39, 0.29) is 11.3 Å². The molecule has 1 aliphatic rings. The second kappa shape index (κ2) is 8.90. The molecule has 1 aromatic heterocycles. The summed E-state index contributed by atoms with van der Waals surface area (Å²) >= 11 is 1.45. The Morgan fingerprint density at radius 3 is 2.52 bits per heavy atom. The highest BCUT2D eigenvalue weighted by molar-refractivity contribution is 7.99. The summed E-state index contributed by atoms with van der Waals surface area (Å²) in [5.74, 6) is 2.48. The van der Waals surface area contributed by atoms with Gasteiger partial charge < -0.3 is 9.88 Å². The van der Waals surface area contributed by atoms with E-state index in [4.69, 9.17) is 0 Å². The zero-order valence-electron chi connectivity index (χ0n) is 18.5. The number of carbonyl (C=O) groups excluding carboxylic acids is 1. The van der Waals surface area contributed by atoms with Crippen LogP contribution in [0.5, 0.6) is 0 Å². The van der Waals surface area contributed by atoms with Crippen LogP contribution < -0.4 is 5.32 Å². The molecule has 2 aromatic rings. The molecular weight excluding hydrogens is 380 g/mol. The minimum absolute atomic E-state index is 0.0834. The van der Waals surface area contributed by atoms with E-state index in [0.717, 1.165) is 23.0 Å². The summed E-state index contributed by atoms with van der Waals surface area (Å²) in [4.78, 5) is 12.5. The third-order valence-electron chi connectivity index (χ3n) is 6.23. The van der Waals surface area contributed by atoms with Crippen LogP contribution in [0.2, 0.25) is 0 Å². The maximum absolute atomic E-state index is 12.5. The van der Waals surface area contributed by atoms with Crippen molar-refractivity contribution in [1.29, 1.82) is 0 Å². The Morgan fingerprint density at radius 1 is 1.17 bits per heavy atom. The minimum Gasteiger partial charge on any atom is -0.352 e. The molecule has 1 saturated carbocycles. The number of amides is 1. The highest BCUT2D eigenvalue weighted by Crippen LogP contribution is 2.30. The molecule has 5 nitrogen and oxygen atoms in total. The molecule has 3 rings (SSSR count). The van der Waals surface area contributed by atoms with Gasteiger partial charge in [-0.25, -0.2) is 0 Å². The van der Waals surface area contributed by atoms with Gasteiger partial charge in [-0.1, -0.05) is 83.5 Å². The van der Waals surface area contributed by atoms with Gasteiger partial charge in [0.2, 0.25) is 5.91 Å². The molecule has 0 bridgehead atoms. The van der Waals surface area contributed by atoms with Gasteiger partial charge in [0.1, 0.15) is 0 Å². The second-order valence-electron chi connectivity index (χ2n) is 9.42. The summed E-state index contributed by atoms with van der Waals surface area (Å²) in [5, 5.41) is 12.7. The molecule has 158 valence electrons. The van der Waals surface area contributed by atoms with Gasteiger partial charge in [-0.05, 0) is 29.2 Å². The first kappa shape index (κ1) is 21.9. The molecule has 1 heterocycles. The fourth-order valence-electron chi connectivity index (χ4n) is 3.98. The van der Waals surface area contributed by atoms with Gasteiger partial charge >= 0.3 is 0 Å². The topological polar surface area (TPSA) is 59.8 Å². The molecule has 3 atom stereocenters. The van der Waals surface area contributed by atoms with Crippen LogP contribution in [0, 0.1) is 11.8 Å². The van der Waals surface area contributed by atoms with Crippen molar-refractivity contribution in [2.45, 2.75) is 70.5 Å². The van der Waals surface area contributed by atoms with E-state index in [1.807, 2.05) is 11.6 Å². The first-order valence-electron chi connectivity index (χ1n) is 10.6. The van der Waals surface area contributed by atoms with Gasteiger partial charge in [0.15, 0.2) is 11.0 Å². The van der Waals surface area contributed by atoms with Crippen molar-refractivity contribution in [1.82, 2.24) is 20.1 Å². The van der Waals surface area contributed by atoms with Crippen molar-refractivity contribution in [3.63, 3.8) is 0 Å². The highest BCUT2D eigenvalue weighted by Gasteiger charge is 2.28. The Bertz CT molecular complexity index is 838. The third kappa shape index (κ3) is 5.21. The Labute approximate surface area is 179 Å². The van der Waals surface area contributed by atoms with Gasteiger partial charge in [0, 0.05) is 18.7 Å². The number of nitrogens with zero attached hydrogens (tertiary/aromatic N) is 3. The van der Waals surface area contributed by atoms with E-state index in [2.05, 4.69) is 74.4 Å². The van der Waals surface area contributed by atoms with Crippen molar-refractivity contribution in [3.8, 4) is 11.4 Å². The lowest BCUT2D eigenvalue weighted by molar-refractivity contribution is -0.120. The van der Waals surface area contributed by atoms with Crippen molar-refractivity contribution in [2.24, 2.45) is 18.9 Å². The zero-order chi connectivity index (χ0) is 21.2. The van der Waals surface area contributed by atoms with Gasteiger partial charge in [-0.3, -0.25) is 4.79 Å². The van der Waals surface area contributed by atoms with Gasteiger partial charge in [-0.15, -0.1) is 10.2 Å². The van der Waals surface area contributed by atoms with Gasteiger partial charge in [0.05, 0.1) is 5.75 Å². The van der Waals surface area contributed by atoms with E-state index < -0.39 is 0 Å². The Kier molecular flexibility index (Phi) is 6.72. The Morgan fingerprint density at radius 2 is 1.86 bits per heavy atom. The monoisotopic (exact) mass is 414 g/mol. The van der Waals surface area contributed by atoms with E-state index >= 15 is 0 Å². The van der Waals surface area contributed by atoms with Crippen molar-refractivity contribution in [2.75, 3.05) is 5.75 Å². The molecule has 1 amide bonds. The predicted octanol–water partition coefficient (Wildman–Crippen LogP) is 4.81. The molecule has 29 heavy (non-hydrogen) atoms. The van der Waals surface area contributed by atoms with Gasteiger partial charge in [0.25, 0.3) is 0 Å². The minimum atomic E-state index is 0.0834. The first-order valence-corrected chi connectivity index (χ1v) is 11.6. The summed E-state index contributed by atoms with van der Waals surface area (Å²) in [6.07, 6.45) is 3.55. The molecule has 0 radical (unpaired) electrons. The summed E-state index contributed by atoms with van der Waals surface area (Å²) in [7, 11) is 1.96. The van der Waals surface area contributed by atoms with Crippen LogP contribution in [0.4, 0.5) is 0 Å². The summed E-state index contributed by atoms with van der Waals surface area (Å²) < 4.78 is 1.97. The number of rotatable bonds is 5. The van der Waals surface area contributed by atoms with Crippen molar-refractivity contribution >= 4 is 17.7 Å². The number of thioether (sulfide) groups is 1. The number of benzene rings is 1. The number of hydrogen-bond donors (Lipinski definition) is 1. The molecule has 1 aromatic carbocycles. The lowest BCUT2D eigenvalue weighted by atomic mass is 9.78. The molecule has 0 aliphatic heterocycles. The van der Waals surface area contributed by atoms with Crippen LogP contribution in [0.25, 0.3) is 11.4 Å². The molecule has 1 fully saturated rings. The molecule has 1 aliphatic carbocycles. The number of hydrogen-bond acceptors (Lipinski definition) is 4. The molecule has 0 spiro atoms. The summed E-state index contributed by atoms with van der Waals surface area (Å²) in [6.45, 7) is 11.2. The number of nitrogens with one attached hydrogen (secondary N) is 1. The van der Waals surface area contributed by atoms with E-state index in [1.165, 1.54) is 30.2 Å². The third-order valence-corrected chi connectivity index (χ3v) is 7.25. The fourth-order valence-corrected chi connectivity index (χ4v) is 4.70. The van der Waals surface area contributed by atoms with E-state index in [9.17, 15) is 4.79 Å². The maximum atomic E-state index is 12.5. The average molecular weight is 415 g/mol. The quantitative estimate of drug-likeness (QED) is 0.713. The Hall–Kier alpha value is -1.82. The largest absolute Gasteiger partial charge is 0.352 e. The normalized spacial score (nSPS) is 22.5. The fraction of sp³-hybridized carbons (Fsp3) is 0.609. The molecule has 1 N–H and O–H groups in total. The van der Waals surface area contributed by atoms with Crippen LogP contribution in [0.15, 0.2) is 29.4 Å². The predicted molar refractivity (Wildman–Crippen MR) is 120 cm³/mol. The van der Waals surface area contributed by atoms with E-state index in [1.54, 1.807) is 0 Å². The van der Waals surface area contributed by atoms with E-state index in [0.29, 0.717) is 23.6 Å². The number of carbonyl (C=O) groups is 1. The number of aromatic nitrogens is 3. The highest BCUT2D eigenvalue weighted by atomic mass is 32.2.